The zero-order valence-electron chi connectivity index (χ0n) is 19.4. The SMILES string of the molecule is CNC(=O)Nc1cc(COc2ccc(-c3nn(C)cc3-c3ccncc3)cc2)nc2ccccc12. The molecule has 0 unspecified atom stereocenters. The van der Waals surface area contributed by atoms with Crippen molar-refractivity contribution in [3.05, 3.63) is 91.0 Å². The molecule has 0 spiro atoms. The van der Waals surface area contributed by atoms with Crippen molar-refractivity contribution >= 4 is 22.6 Å². The van der Waals surface area contributed by atoms with E-state index in [1.165, 1.54) is 0 Å². The molecule has 0 aliphatic carbocycles. The molecule has 3 aromatic heterocycles. The van der Waals surface area contributed by atoms with E-state index in [0.717, 1.165) is 33.3 Å². The Morgan fingerprint density at radius 3 is 2.54 bits per heavy atom. The summed E-state index contributed by atoms with van der Waals surface area (Å²) < 4.78 is 7.82. The minimum absolute atomic E-state index is 0.262. The summed E-state index contributed by atoms with van der Waals surface area (Å²) in [6.07, 6.45) is 5.56. The lowest BCUT2D eigenvalue weighted by Gasteiger charge is -2.12. The van der Waals surface area contributed by atoms with Gasteiger partial charge in [-0.05, 0) is 54.1 Å². The van der Waals surface area contributed by atoms with Gasteiger partial charge in [-0.1, -0.05) is 18.2 Å². The van der Waals surface area contributed by atoms with Gasteiger partial charge in [0.1, 0.15) is 18.1 Å². The smallest absolute Gasteiger partial charge is 0.318 e. The van der Waals surface area contributed by atoms with Crippen LogP contribution in [0.15, 0.2) is 85.3 Å². The third-order valence-electron chi connectivity index (χ3n) is 5.58. The predicted octanol–water partition coefficient (Wildman–Crippen LogP) is 5.03. The van der Waals surface area contributed by atoms with Gasteiger partial charge in [0.25, 0.3) is 0 Å². The number of aromatic nitrogens is 4. The number of para-hydroxylation sites is 1. The predicted molar refractivity (Wildman–Crippen MR) is 136 cm³/mol. The highest BCUT2D eigenvalue weighted by atomic mass is 16.5. The Morgan fingerprint density at radius 1 is 1.00 bits per heavy atom. The van der Waals surface area contributed by atoms with Crippen LogP contribution in [0.4, 0.5) is 10.5 Å². The van der Waals surface area contributed by atoms with Crippen molar-refractivity contribution < 1.29 is 9.53 Å². The average Bonchev–Trinajstić information content (AvgIpc) is 3.30. The van der Waals surface area contributed by atoms with Crippen LogP contribution in [0, 0.1) is 0 Å². The number of aryl methyl sites for hydroxylation is 1. The fraction of sp³-hybridized carbons (Fsp3) is 0.111. The molecule has 5 aromatic rings. The van der Waals surface area contributed by atoms with Crippen molar-refractivity contribution in [2.75, 3.05) is 12.4 Å². The first-order valence-electron chi connectivity index (χ1n) is 11.2. The number of nitrogens with zero attached hydrogens (tertiary/aromatic N) is 4. The van der Waals surface area contributed by atoms with Gasteiger partial charge in [-0.2, -0.15) is 5.10 Å². The van der Waals surface area contributed by atoms with Crippen LogP contribution < -0.4 is 15.4 Å². The zero-order chi connectivity index (χ0) is 24.2. The lowest BCUT2D eigenvalue weighted by molar-refractivity contribution is 0.254. The minimum Gasteiger partial charge on any atom is -0.487 e. The topological polar surface area (TPSA) is 94.0 Å². The first-order valence-corrected chi connectivity index (χ1v) is 11.2. The van der Waals surface area contributed by atoms with Crippen molar-refractivity contribution in [1.82, 2.24) is 25.1 Å². The third-order valence-corrected chi connectivity index (χ3v) is 5.58. The highest BCUT2D eigenvalue weighted by molar-refractivity contribution is 6.00. The van der Waals surface area contributed by atoms with Crippen molar-refractivity contribution in [3.63, 3.8) is 0 Å². The number of amides is 2. The molecule has 0 radical (unpaired) electrons. The first kappa shape index (κ1) is 22.1. The van der Waals surface area contributed by atoms with Crippen molar-refractivity contribution in [1.29, 1.82) is 0 Å². The van der Waals surface area contributed by atoms with Crippen molar-refractivity contribution in [2.45, 2.75) is 6.61 Å². The Balaban J connectivity index is 1.36. The molecule has 0 aliphatic rings. The molecule has 35 heavy (non-hydrogen) atoms. The first-order chi connectivity index (χ1) is 17.1. The number of hydrogen-bond acceptors (Lipinski definition) is 5. The number of anilines is 1. The molecule has 2 amide bonds. The van der Waals surface area contributed by atoms with E-state index in [2.05, 4.69) is 25.7 Å². The van der Waals surface area contributed by atoms with E-state index in [-0.39, 0.29) is 12.6 Å². The molecule has 2 aromatic carbocycles. The van der Waals surface area contributed by atoms with Gasteiger partial charge < -0.3 is 15.4 Å². The van der Waals surface area contributed by atoms with E-state index in [1.54, 1.807) is 19.4 Å². The fourth-order valence-corrected chi connectivity index (χ4v) is 3.90. The maximum absolute atomic E-state index is 11.9. The van der Waals surface area contributed by atoms with Gasteiger partial charge >= 0.3 is 6.03 Å². The summed E-state index contributed by atoms with van der Waals surface area (Å²) in [6.45, 7) is 0.262. The van der Waals surface area contributed by atoms with Crippen LogP contribution in [0.1, 0.15) is 5.69 Å². The van der Waals surface area contributed by atoms with Crippen LogP contribution >= 0.6 is 0 Å². The summed E-state index contributed by atoms with van der Waals surface area (Å²) >= 11 is 0. The molecule has 2 N–H and O–H groups in total. The lowest BCUT2D eigenvalue weighted by atomic mass is 10.0. The van der Waals surface area contributed by atoms with Crippen LogP contribution in [0.5, 0.6) is 5.75 Å². The van der Waals surface area contributed by atoms with Crippen LogP contribution in [-0.2, 0) is 13.7 Å². The molecule has 5 rings (SSSR count). The van der Waals surface area contributed by atoms with Gasteiger partial charge in [-0.3, -0.25) is 9.67 Å². The molecule has 0 bridgehead atoms. The van der Waals surface area contributed by atoms with E-state index < -0.39 is 0 Å². The number of carbonyl (C=O) groups is 1. The molecular formula is C27H24N6O2. The second-order valence-electron chi connectivity index (χ2n) is 8.00. The van der Waals surface area contributed by atoms with Gasteiger partial charge in [0.15, 0.2) is 0 Å². The molecule has 0 fully saturated rings. The maximum Gasteiger partial charge on any atom is 0.318 e. The standard InChI is InChI=1S/C27H24N6O2/c1-28-27(34)31-25-15-20(30-24-6-4-3-5-22(24)25)17-35-21-9-7-19(8-10-21)26-23(16-33(2)32-26)18-11-13-29-14-12-18/h3-16H,17H2,1-2H3,(H2,28,30,31,34). The van der Waals surface area contributed by atoms with E-state index in [4.69, 9.17) is 4.74 Å². The number of ether oxygens (including phenoxy) is 1. The van der Waals surface area contributed by atoms with E-state index >= 15 is 0 Å². The zero-order valence-corrected chi connectivity index (χ0v) is 19.4. The summed E-state index contributed by atoms with van der Waals surface area (Å²) in [5, 5.41) is 11.0. The average molecular weight is 465 g/mol. The highest BCUT2D eigenvalue weighted by Crippen LogP contribution is 2.31. The summed E-state index contributed by atoms with van der Waals surface area (Å²) in [5.74, 6) is 0.714. The number of fused-ring (bicyclic) bond motifs is 1. The number of hydrogen-bond donors (Lipinski definition) is 2. The largest absolute Gasteiger partial charge is 0.487 e. The van der Waals surface area contributed by atoms with Gasteiger partial charge in [0, 0.05) is 49.2 Å². The van der Waals surface area contributed by atoms with Crippen molar-refractivity contribution in [2.24, 2.45) is 7.05 Å². The number of urea groups is 1. The van der Waals surface area contributed by atoms with E-state index in [0.29, 0.717) is 17.1 Å². The second-order valence-corrected chi connectivity index (χ2v) is 8.00. The van der Waals surface area contributed by atoms with Crippen LogP contribution in [0.25, 0.3) is 33.3 Å². The summed E-state index contributed by atoms with van der Waals surface area (Å²) in [5.41, 5.74) is 6.17. The molecule has 174 valence electrons. The van der Waals surface area contributed by atoms with Gasteiger partial charge in [-0.25, -0.2) is 9.78 Å². The summed E-state index contributed by atoms with van der Waals surface area (Å²) in [4.78, 5) is 20.7. The summed E-state index contributed by atoms with van der Waals surface area (Å²) in [7, 11) is 3.49. The normalized spacial score (nSPS) is 10.8. The van der Waals surface area contributed by atoms with Crippen LogP contribution in [0.3, 0.4) is 0 Å². The molecule has 8 nitrogen and oxygen atoms in total. The number of benzene rings is 2. The van der Waals surface area contributed by atoms with Gasteiger partial charge in [-0.15, -0.1) is 0 Å². The van der Waals surface area contributed by atoms with E-state index in [1.807, 2.05) is 84.7 Å². The number of rotatable bonds is 6. The Kier molecular flexibility index (Phi) is 6.09. The highest BCUT2D eigenvalue weighted by Gasteiger charge is 2.13. The van der Waals surface area contributed by atoms with Crippen LogP contribution in [0.2, 0.25) is 0 Å². The Morgan fingerprint density at radius 2 is 1.77 bits per heavy atom. The number of carbonyl (C=O) groups excluding carboxylic acids is 1. The maximum atomic E-state index is 11.9. The lowest BCUT2D eigenvalue weighted by Crippen LogP contribution is -2.24. The molecule has 0 saturated carbocycles. The molecule has 0 saturated heterocycles. The monoisotopic (exact) mass is 464 g/mol. The molecule has 3 heterocycles. The third kappa shape index (κ3) is 4.81. The number of pyridine rings is 2. The minimum atomic E-state index is -0.288. The van der Waals surface area contributed by atoms with Crippen LogP contribution in [-0.4, -0.2) is 32.8 Å². The quantitative estimate of drug-likeness (QED) is 0.368. The summed E-state index contributed by atoms with van der Waals surface area (Å²) in [6, 6.07) is 21.0. The molecular weight excluding hydrogens is 440 g/mol. The second kappa shape index (κ2) is 9.64. The molecule has 0 atom stereocenters. The Labute approximate surface area is 202 Å². The van der Waals surface area contributed by atoms with Crippen molar-refractivity contribution in [3.8, 4) is 28.1 Å². The Bertz CT molecular complexity index is 1480. The fourth-order valence-electron chi connectivity index (χ4n) is 3.90. The Hall–Kier alpha value is -4.72. The van der Waals surface area contributed by atoms with Gasteiger partial charge in [0.2, 0.25) is 0 Å². The molecule has 8 heteroatoms. The molecule has 0 aliphatic heterocycles. The van der Waals surface area contributed by atoms with Gasteiger partial charge in [0.05, 0.1) is 16.9 Å². The number of nitrogens with one attached hydrogen (secondary N) is 2. The van der Waals surface area contributed by atoms with E-state index in [9.17, 15) is 4.79 Å².